The molecule has 0 unspecified atom stereocenters. The number of halogens is 2. The van der Waals surface area contributed by atoms with Crippen LogP contribution in [-0.4, -0.2) is 19.3 Å². The average molecular weight is 257 g/mol. The van der Waals surface area contributed by atoms with Crippen molar-refractivity contribution in [2.45, 2.75) is 26.2 Å². The van der Waals surface area contributed by atoms with Crippen molar-refractivity contribution in [1.82, 2.24) is 0 Å². The summed E-state index contributed by atoms with van der Waals surface area (Å²) in [7, 11) is 0. The fourth-order valence-corrected chi connectivity index (χ4v) is 1.53. The summed E-state index contributed by atoms with van der Waals surface area (Å²) in [6, 6.07) is 2.48. The lowest BCUT2D eigenvalue weighted by Crippen LogP contribution is -2.09. The Morgan fingerprint density at radius 3 is 2.72 bits per heavy atom. The molecule has 1 rings (SSSR count). The van der Waals surface area contributed by atoms with Gasteiger partial charge in [0, 0.05) is 0 Å². The van der Waals surface area contributed by atoms with Crippen molar-refractivity contribution in [3.8, 4) is 0 Å². The predicted octanol–water partition coefficient (Wildman–Crippen LogP) is 3.01. The summed E-state index contributed by atoms with van der Waals surface area (Å²) < 4.78 is 29.9. The monoisotopic (exact) mass is 257 g/mol. The van der Waals surface area contributed by atoms with Gasteiger partial charge in [-0.2, -0.15) is 0 Å². The number of hydrogen-bond acceptors (Lipinski definition) is 3. The summed E-state index contributed by atoms with van der Waals surface area (Å²) in [5, 5.41) is 0. The predicted molar refractivity (Wildman–Crippen MR) is 65.7 cm³/mol. The molecule has 0 saturated heterocycles. The van der Waals surface area contributed by atoms with Crippen LogP contribution in [0, 0.1) is 12.7 Å². The van der Waals surface area contributed by atoms with Crippen molar-refractivity contribution >= 4 is 11.7 Å². The van der Waals surface area contributed by atoms with Crippen molar-refractivity contribution in [2.75, 3.05) is 19.0 Å². The van der Waals surface area contributed by atoms with Gasteiger partial charge in [-0.05, 0) is 43.9 Å². The van der Waals surface area contributed by atoms with E-state index in [0.29, 0.717) is 24.8 Å². The lowest BCUT2D eigenvalue weighted by atomic mass is 10.1. The zero-order valence-electron chi connectivity index (χ0n) is 10.3. The molecule has 0 heterocycles. The summed E-state index contributed by atoms with van der Waals surface area (Å²) in [6.07, 6.45) is 1.76. The van der Waals surface area contributed by atoms with E-state index in [4.69, 9.17) is 10.5 Å². The molecule has 0 aliphatic heterocycles. The van der Waals surface area contributed by atoms with Crippen LogP contribution in [0.2, 0.25) is 0 Å². The SMILES string of the molecule is Cc1cc(F)c(N)cc1C(=O)OCCCCCF. The summed E-state index contributed by atoms with van der Waals surface area (Å²) in [6.45, 7) is 1.49. The molecule has 0 saturated carbocycles. The van der Waals surface area contributed by atoms with Gasteiger partial charge in [0.05, 0.1) is 24.5 Å². The number of esters is 1. The summed E-state index contributed by atoms with van der Waals surface area (Å²) in [5.41, 5.74) is 6.06. The minimum atomic E-state index is -0.549. The summed E-state index contributed by atoms with van der Waals surface area (Å²) in [4.78, 5) is 11.7. The highest BCUT2D eigenvalue weighted by molar-refractivity contribution is 5.92. The van der Waals surface area contributed by atoms with Gasteiger partial charge in [0.2, 0.25) is 0 Å². The average Bonchev–Trinajstić information content (AvgIpc) is 2.33. The van der Waals surface area contributed by atoms with Crippen molar-refractivity contribution in [2.24, 2.45) is 0 Å². The third kappa shape index (κ3) is 3.98. The smallest absolute Gasteiger partial charge is 0.338 e. The van der Waals surface area contributed by atoms with E-state index in [-0.39, 0.29) is 24.5 Å². The highest BCUT2D eigenvalue weighted by Crippen LogP contribution is 2.18. The second-order valence-corrected chi connectivity index (χ2v) is 4.07. The first-order chi connectivity index (χ1) is 8.56. The van der Waals surface area contributed by atoms with Gasteiger partial charge in [-0.1, -0.05) is 0 Å². The summed E-state index contributed by atoms with van der Waals surface area (Å²) >= 11 is 0. The van der Waals surface area contributed by atoms with Crippen LogP contribution >= 0.6 is 0 Å². The molecule has 0 fully saturated rings. The molecule has 18 heavy (non-hydrogen) atoms. The molecule has 3 nitrogen and oxygen atoms in total. The van der Waals surface area contributed by atoms with E-state index in [0.717, 1.165) is 0 Å². The Balaban J connectivity index is 2.54. The molecule has 1 aromatic carbocycles. The molecule has 0 amide bonds. The molecule has 1 aromatic rings. The molecular formula is C13H17F2NO2. The van der Waals surface area contributed by atoms with Gasteiger partial charge in [-0.15, -0.1) is 0 Å². The van der Waals surface area contributed by atoms with Crippen molar-refractivity contribution in [3.63, 3.8) is 0 Å². The number of benzene rings is 1. The van der Waals surface area contributed by atoms with Gasteiger partial charge >= 0.3 is 5.97 Å². The molecule has 0 aliphatic carbocycles. The maximum absolute atomic E-state index is 13.1. The van der Waals surface area contributed by atoms with Gasteiger partial charge in [-0.25, -0.2) is 9.18 Å². The van der Waals surface area contributed by atoms with E-state index < -0.39 is 11.8 Å². The number of anilines is 1. The molecule has 0 aromatic heterocycles. The minimum absolute atomic E-state index is 0.0787. The maximum atomic E-state index is 13.1. The van der Waals surface area contributed by atoms with E-state index in [1.165, 1.54) is 12.1 Å². The first-order valence-electron chi connectivity index (χ1n) is 5.85. The number of hydrogen-bond donors (Lipinski definition) is 1. The Morgan fingerprint density at radius 1 is 1.33 bits per heavy atom. The largest absolute Gasteiger partial charge is 0.462 e. The van der Waals surface area contributed by atoms with Gasteiger partial charge in [0.1, 0.15) is 5.82 Å². The number of nitrogens with two attached hydrogens (primary N) is 1. The molecule has 5 heteroatoms. The fraction of sp³-hybridized carbons (Fsp3) is 0.462. The number of unbranched alkanes of at least 4 members (excludes halogenated alkanes) is 2. The van der Waals surface area contributed by atoms with Crippen LogP contribution in [-0.2, 0) is 4.74 Å². The second-order valence-electron chi connectivity index (χ2n) is 4.07. The molecule has 0 radical (unpaired) electrons. The standard InChI is InChI=1S/C13H17F2NO2/c1-9-7-11(15)12(16)8-10(9)13(17)18-6-4-2-3-5-14/h7-8H,2-6,16H2,1H3. The normalized spacial score (nSPS) is 10.4. The van der Waals surface area contributed by atoms with E-state index in [9.17, 15) is 13.6 Å². The number of carbonyl (C=O) groups is 1. The highest BCUT2D eigenvalue weighted by Gasteiger charge is 2.13. The second kappa shape index (κ2) is 6.93. The van der Waals surface area contributed by atoms with Gasteiger partial charge in [0.25, 0.3) is 0 Å². The van der Waals surface area contributed by atoms with Crippen LogP contribution in [0.1, 0.15) is 35.2 Å². The van der Waals surface area contributed by atoms with Crippen LogP contribution in [0.15, 0.2) is 12.1 Å². The number of alkyl halides is 1. The Morgan fingerprint density at radius 2 is 2.06 bits per heavy atom. The van der Waals surface area contributed by atoms with Crippen molar-refractivity contribution < 1.29 is 18.3 Å². The number of aryl methyl sites for hydroxylation is 1. The Bertz CT molecular complexity index is 422. The number of rotatable bonds is 6. The first kappa shape index (κ1) is 14.4. The first-order valence-corrected chi connectivity index (χ1v) is 5.85. The lowest BCUT2D eigenvalue weighted by Gasteiger charge is -2.08. The van der Waals surface area contributed by atoms with E-state index in [1.54, 1.807) is 6.92 Å². The quantitative estimate of drug-likeness (QED) is 0.484. The molecule has 0 aliphatic rings. The van der Waals surface area contributed by atoms with Crippen LogP contribution in [0.4, 0.5) is 14.5 Å². The third-order valence-corrected chi connectivity index (χ3v) is 2.57. The van der Waals surface area contributed by atoms with Crippen LogP contribution in [0.25, 0.3) is 0 Å². The van der Waals surface area contributed by atoms with Crippen molar-refractivity contribution in [1.29, 1.82) is 0 Å². The third-order valence-electron chi connectivity index (χ3n) is 2.57. The fourth-order valence-electron chi connectivity index (χ4n) is 1.53. The van der Waals surface area contributed by atoms with E-state index in [1.807, 2.05) is 0 Å². The Kier molecular flexibility index (Phi) is 5.55. The lowest BCUT2D eigenvalue weighted by molar-refractivity contribution is 0.0496. The molecular weight excluding hydrogens is 240 g/mol. The van der Waals surface area contributed by atoms with Crippen molar-refractivity contribution in [3.05, 3.63) is 29.1 Å². The molecule has 0 atom stereocenters. The molecule has 100 valence electrons. The van der Waals surface area contributed by atoms with E-state index in [2.05, 4.69) is 0 Å². The molecule has 2 N–H and O–H groups in total. The summed E-state index contributed by atoms with van der Waals surface area (Å²) in [5.74, 6) is -1.08. The van der Waals surface area contributed by atoms with Crippen LogP contribution in [0.5, 0.6) is 0 Å². The highest BCUT2D eigenvalue weighted by atomic mass is 19.1. The topological polar surface area (TPSA) is 52.3 Å². The van der Waals surface area contributed by atoms with Gasteiger partial charge < -0.3 is 10.5 Å². The minimum Gasteiger partial charge on any atom is -0.462 e. The Labute approximate surface area is 105 Å². The number of ether oxygens (including phenoxy) is 1. The van der Waals surface area contributed by atoms with Gasteiger partial charge in [-0.3, -0.25) is 4.39 Å². The van der Waals surface area contributed by atoms with Crippen LogP contribution in [0.3, 0.4) is 0 Å². The zero-order valence-corrected chi connectivity index (χ0v) is 10.3. The molecule has 0 bridgehead atoms. The van der Waals surface area contributed by atoms with Gasteiger partial charge in [0.15, 0.2) is 0 Å². The Hall–Kier alpha value is -1.65. The van der Waals surface area contributed by atoms with Crippen LogP contribution < -0.4 is 5.73 Å². The number of carbonyl (C=O) groups excluding carboxylic acids is 1. The maximum Gasteiger partial charge on any atom is 0.338 e. The van der Waals surface area contributed by atoms with E-state index >= 15 is 0 Å². The number of nitrogen functional groups attached to an aromatic ring is 1. The molecule has 0 spiro atoms. The zero-order chi connectivity index (χ0) is 13.5.